The Morgan fingerprint density at radius 2 is 1.82 bits per heavy atom. The molecule has 0 saturated heterocycles. The van der Waals surface area contributed by atoms with Crippen LogP contribution in [0.5, 0.6) is 0 Å². The maximum absolute atomic E-state index is 13.5. The maximum Gasteiger partial charge on any atom is 0.191 e. The van der Waals surface area contributed by atoms with Crippen molar-refractivity contribution in [3.05, 3.63) is 83.2 Å². The van der Waals surface area contributed by atoms with Crippen LogP contribution in [0.3, 0.4) is 0 Å². The van der Waals surface area contributed by atoms with Gasteiger partial charge in [0.25, 0.3) is 0 Å². The van der Waals surface area contributed by atoms with Gasteiger partial charge in [-0.15, -0.1) is 24.0 Å². The van der Waals surface area contributed by atoms with Crippen LogP contribution in [0.15, 0.2) is 65.7 Å². The maximum atomic E-state index is 13.5. The van der Waals surface area contributed by atoms with Crippen LogP contribution in [0.25, 0.3) is 10.8 Å². The van der Waals surface area contributed by atoms with Crippen LogP contribution in [-0.4, -0.2) is 18.1 Å². The minimum absolute atomic E-state index is 0. The first-order chi connectivity index (χ1) is 13.1. The number of hydrogen-bond acceptors (Lipinski definition) is 2. The molecule has 0 spiro atoms. The molecule has 0 aromatic heterocycles. The number of rotatable bonds is 5. The molecule has 3 aromatic carbocycles. The summed E-state index contributed by atoms with van der Waals surface area (Å²) in [6.45, 7) is 2.25. The van der Waals surface area contributed by atoms with Crippen molar-refractivity contribution >= 4 is 40.7 Å². The second-order valence-electron chi connectivity index (χ2n) is 6.48. The zero-order valence-electron chi connectivity index (χ0n) is 15.9. The van der Waals surface area contributed by atoms with E-state index in [4.69, 9.17) is 0 Å². The molecule has 0 heterocycles. The van der Waals surface area contributed by atoms with Crippen molar-refractivity contribution in [1.82, 2.24) is 10.6 Å². The smallest absolute Gasteiger partial charge is 0.191 e. The molecule has 28 heavy (non-hydrogen) atoms. The van der Waals surface area contributed by atoms with Gasteiger partial charge >= 0.3 is 0 Å². The largest absolute Gasteiger partial charge is 0.392 e. The molecule has 0 aliphatic rings. The second kappa shape index (κ2) is 10.4. The van der Waals surface area contributed by atoms with Gasteiger partial charge in [-0.1, -0.05) is 42.5 Å². The van der Waals surface area contributed by atoms with Crippen LogP contribution in [0.2, 0.25) is 0 Å². The van der Waals surface area contributed by atoms with Gasteiger partial charge in [0, 0.05) is 19.2 Å². The number of aliphatic hydroxyl groups is 1. The van der Waals surface area contributed by atoms with Crippen molar-refractivity contribution in [2.75, 3.05) is 7.05 Å². The fourth-order valence-corrected chi connectivity index (χ4v) is 3.01. The second-order valence-corrected chi connectivity index (χ2v) is 6.48. The Morgan fingerprint density at radius 3 is 2.54 bits per heavy atom. The number of halogens is 2. The van der Waals surface area contributed by atoms with Crippen molar-refractivity contribution in [2.24, 2.45) is 4.99 Å². The van der Waals surface area contributed by atoms with E-state index in [1.807, 2.05) is 12.1 Å². The predicted octanol–water partition coefficient (Wildman–Crippen LogP) is 4.52. The molecule has 0 aliphatic carbocycles. The highest BCUT2D eigenvalue weighted by Gasteiger charge is 2.09. The quantitative estimate of drug-likeness (QED) is 0.279. The molecule has 4 nitrogen and oxygen atoms in total. The van der Waals surface area contributed by atoms with Gasteiger partial charge in [0.05, 0.1) is 12.6 Å². The summed E-state index contributed by atoms with van der Waals surface area (Å²) >= 11 is 0. The van der Waals surface area contributed by atoms with Crippen molar-refractivity contribution in [1.29, 1.82) is 0 Å². The Morgan fingerprint density at radius 1 is 1.07 bits per heavy atom. The summed E-state index contributed by atoms with van der Waals surface area (Å²) in [6.07, 6.45) is 0. The molecule has 0 saturated carbocycles. The van der Waals surface area contributed by atoms with Gasteiger partial charge in [-0.05, 0) is 47.0 Å². The van der Waals surface area contributed by atoms with E-state index >= 15 is 0 Å². The Labute approximate surface area is 181 Å². The standard InChI is InChI=1S/C22H24FN3O.HI/c1-15(18-9-8-17-5-3-4-6-19(17)12-18)26-22(24-2)25-13-16-7-10-21(23)20(11-16)14-27;/h3-12,15,27H,13-14H2,1-2H3,(H2,24,25,26);1H. The normalized spacial score (nSPS) is 12.4. The minimum atomic E-state index is -0.395. The fraction of sp³-hybridized carbons (Fsp3) is 0.227. The van der Waals surface area contributed by atoms with Crippen LogP contribution >= 0.6 is 24.0 Å². The van der Waals surface area contributed by atoms with Gasteiger partial charge in [-0.2, -0.15) is 0 Å². The molecule has 1 atom stereocenters. The van der Waals surface area contributed by atoms with Crippen LogP contribution in [0.4, 0.5) is 4.39 Å². The number of aliphatic imine (C=N–C) groups is 1. The number of benzene rings is 3. The van der Waals surface area contributed by atoms with E-state index in [9.17, 15) is 9.50 Å². The summed E-state index contributed by atoms with van der Waals surface area (Å²) in [5.41, 5.74) is 2.34. The van der Waals surface area contributed by atoms with E-state index < -0.39 is 5.82 Å². The molecule has 0 aliphatic heterocycles. The summed E-state index contributed by atoms with van der Waals surface area (Å²) < 4.78 is 13.5. The number of guanidine groups is 1. The van der Waals surface area contributed by atoms with E-state index in [2.05, 4.69) is 52.9 Å². The first kappa shape index (κ1) is 22.1. The predicted molar refractivity (Wildman–Crippen MR) is 123 cm³/mol. The number of fused-ring (bicyclic) bond motifs is 1. The molecule has 3 aromatic rings. The van der Waals surface area contributed by atoms with Crippen LogP contribution in [-0.2, 0) is 13.2 Å². The summed E-state index contributed by atoms with van der Waals surface area (Å²) in [5, 5.41) is 18.2. The average molecular weight is 493 g/mol. The highest BCUT2D eigenvalue weighted by Crippen LogP contribution is 2.20. The number of nitrogens with one attached hydrogen (secondary N) is 2. The molecule has 3 N–H and O–H groups in total. The van der Waals surface area contributed by atoms with E-state index in [1.54, 1.807) is 19.2 Å². The minimum Gasteiger partial charge on any atom is -0.392 e. The lowest BCUT2D eigenvalue weighted by Gasteiger charge is -2.19. The highest BCUT2D eigenvalue weighted by atomic mass is 127. The van der Waals surface area contributed by atoms with E-state index in [0.717, 1.165) is 5.56 Å². The van der Waals surface area contributed by atoms with Crippen LogP contribution in [0, 0.1) is 5.82 Å². The summed E-state index contributed by atoms with van der Waals surface area (Å²) in [6, 6.07) is 19.5. The monoisotopic (exact) mass is 493 g/mol. The van der Waals surface area contributed by atoms with E-state index in [-0.39, 0.29) is 36.6 Å². The number of hydrogen-bond donors (Lipinski definition) is 3. The zero-order chi connectivity index (χ0) is 19.2. The van der Waals surface area contributed by atoms with Gasteiger partial charge in [0.1, 0.15) is 5.82 Å². The summed E-state index contributed by atoms with van der Waals surface area (Å²) in [4.78, 5) is 4.26. The molecular formula is C22H25FIN3O. The summed E-state index contributed by atoms with van der Waals surface area (Å²) in [7, 11) is 1.71. The number of aliphatic hydroxyl groups excluding tert-OH is 1. The molecule has 0 amide bonds. The van der Waals surface area contributed by atoms with Crippen LogP contribution < -0.4 is 10.6 Å². The van der Waals surface area contributed by atoms with Crippen molar-refractivity contribution in [2.45, 2.75) is 26.1 Å². The first-order valence-electron chi connectivity index (χ1n) is 8.94. The van der Waals surface area contributed by atoms with E-state index in [0.29, 0.717) is 18.1 Å². The highest BCUT2D eigenvalue weighted by molar-refractivity contribution is 14.0. The summed E-state index contributed by atoms with van der Waals surface area (Å²) in [5.74, 6) is 0.263. The molecule has 0 radical (unpaired) electrons. The molecule has 0 fully saturated rings. The fourth-order valence-electron chi connectivity index (χ4n) is 3.01. The van der Waals surface area contributed by atoms with Crippen molar-refractivity contribution in [3.63, 3.8) is 0 Å². The lowest BCUT2D eigenvalue weighted by molar-refractivity contribution is 0.275. The molecule has 148 valence electrons. The Kier molecular flexibility index (Phi) is 8.19. The Hall–Kier alpha value is -2.19. The third kappa shape index (κ3) is 5.42. The average Bonchev–Trinajstić information content (AvgIpc) is 2.71. The van der Waals surface area contributed by atoms with Gasteiger partial charge in [-0.25, -0.2) is 4.39 Å². The van der Waals surface area contributed by atoms with Gasteiger partial charge in [-0.3, -0.25) is 4.99 Å². The SMILES string of the molecule is CN=C(NCc1ccc(F)c(CO)c1)NC(C)c1ccc2ccccc2c1.I. The van der Waals surface area contributed by atoms with Gasteiger partial charge < -0.3 is 15.7 Å². The zero-order valence-corrected chi connectivity index (χ0v) is 18.3. The van der Waals surface area contributed by atoms with Gasteiger partial charge in [0.2, 0.25) is 0 Å². The first-order valence-corrected chi connectivity index (χ1v) is 8.94. The third-order valence-electron chi connectivity index (χ3n) is 4.59. The molecular weight excluding hydrogens is 468 g/mol. The third-order valence-corrected chi connectivity index (χ3v) is 4.59. The van der Waals surface area contributed by atoms with Crippen molar-refractivity contribution in [3.8, 4) is 0 Å². The molecule has 0 bridgehead atoms. The molecule has 6 heteroatoms. The van der Waals surface area contributed by atoms with E-state index in [1.165, 1.54) is 22.4 Å². The van der Waals surface area contributed by atoms with Crippen LogP contribution in [0.1, 0.15) is 29.7 Å². The molecule has 1 unspecified atom stereocenters. The topological polar surface area (TPSA) is 56.7 Å². The Balaban J connectivity index is 0.00000280. The van der Waals surface area contributed by atoms with Gasteiger partial charge in [0.15, 0.2) is 5.96 Å². The lowest BCUT2D eigenvalue weighted by Crippen LogP contribution is -2.38. The number of nitrogens with zero attached hydrogens (tertiary/aromatic N) is 1. The molecule has 3 rings (SSSR count). The van der Waals surface area contributed by atoms with Crippen molar-refractivity contribution < 1.29 is 9.50 Å². The lowest BCUT2D eigenvalue weighted by atomic mass is 10.0. The Bertz CT molecular complexity index is 961.